The van der Waals surface area contributed by atoms with Gasteiger partial charge in [0, 0.05) is 12.4 Å². The lowest BCUT2D eigenvalue weighted by Gasteiger charge is -2.14. The molecule has 0 aliphatic rings. The molecule has 0 N–H and O–H groups in total. The molecule has 21 heavy (non-hydrogen) atoms. The summed E-state index contributed by atoms with van der Waals surface area (Å²) in [6.07, 6.45) is 0. The van der Waals surface area contributed by atoms with Gasteiger partial charge < -0.3 is 0 Å². The first kappa shape index (κ1) is 15.4. The van der Waals surface area contributed by atoms with E-state index in [1.54, 1.807) is 11.7 Å². The number of aryl methyl sites for hydroxylation is 1. The number of fused-ring (bicyclic) bond motifs is 1. The van der Waals surface area contributed by atoms with Crippen LogP contribution in [0.4, 0.5) is 0 Å². The zero-order chi connectivity index (χ0) is 15.8. The van der Waals surface area contributed by atoms with Gasteiger partial charge in [-0.3, -0.25) is 4.68 Å². The van der Waals surface area contributed by atoms with Crippen LogP contribution in [0.1, 0.15) is 39.0 Å². The molecule has 5 nitrogen and oxygen atoms in total. The van der Waals surface area contributed by atoms with E-state index in [1.807, 2.05) is 45.9 Å². The third kappa shape index (κ3) is 3.03. The third-order valence-electron chi connectivity index (χ3n) is 3.12. The lowest BCUT2D eigenvalue weighted by molar-refractivity contribution is 0.650. The van der Waals surface area contributed by atoms with Crippen molar-refractivity contribution < 1.29 is 4.21 Å². The molecule has 0 aliphatic heterocycles. The van der Waals surface area contributed by atoms with Crippen LogP contribution >= 0.6 is 0 Å². The van der Waals surface area contributed by atoms with Crippen molar-refractivity contribution in [2.75, 3.05) is 0 Å². The van der Waals surface area contributed by atoms with Crippen molar-refractivity contribution in [3.8, 4) is 6.07 Å². The predicted molar refractivity (Wildman–Crippen MR) is 85.5 cm³/mol. The van der Waals surface area contributed by atoms with E-state index in [0.29, 0.717) is 11.4 Å². The number of aromatic nitrogens is 2. The Hall–Kier alpha value is -2.00. The van der Waals surface area contributed by atoms with Gasteiger partial charge in [-0.05, 0) is 45.4 Å². The van der Waals surface area contributed by atoms with Gasteiger partial charge in [-0.25, -0.2) is 4.21 Å². The van der Waals surface area contributed by atoms with Crippen molar-refractivity contribution in [3.63, 3.8) is 0 Å². The zero-order valence-electron chi connectivity index (χ0n) is 12.8. The van der Waals surface area contributed by atoms with Crippen LogP contribution < -0.4 is 0 Å². The van der Waals surface area contributed by atoms with Gasteiger partial charge in [-0.15, -0.1) is 0 Å². The second kappa shape index (κ2) is 5.41. The van der Waals surface area contributed by atoms with Gasteiger partial charge in [0.15, 0.2) is 5.69 Å². The molecule has 1 unspecified atom stereocenters. The summed E-state index contributed by atoms with van der Waals surface area (Å²) in [7, 11) is 0.508. The summed E-state index contributed by atoms with van der Waals surface area (Å²) in [6, 6.07) is 7.73. The molecule has 2 rings (SSSR count). The van der Waals surface area contributed by atoms with Crippen LogP contribution in [0, 0.1) is 11.3 Å². The minimum absolute atomic E-state index is 0.383. The Balaban J connectivity index is 2.49. The average molecular weight is 302 g/mol. The Bertz CT molecular complexity index is 790. The molecule has 0 radical (unpaired) electrons. The highest BCUT2D eigenvalue weighted by molar-refractivity contribution is 7.85. The topological polar surface area (TPSA) is 71.0 Å². The number of hydrogen-bond donors (Lipinski definition) is 0. The van der Waals surface area contributed by atoms with E-state index in [-0.39, 0.29) is 4.75 Å². The highest BCUT2D eigenvalue weighted by Crippen LogP contribution is 2.20. The van der Waals surface area contributed by atoms with E-state index >= 15 is 0 Å². The van der Waals surface area contributed by atoms with E-state index in [0.717, 1.165) is 16.5 Å². The van der Waals surface area contributed by atoms with E-state index in [2.05, 4.69) is 15.6 Å². The van der Waals surface area contributed by atoms with E-state index < -0.39 is 11.0 Å². The highest BCUT2D eigenvalue weighted by atomic mass is 32.2. The average Bonchev–Trinajstić information content (AvgIpc) is 2.74. The summed E-state index contributed by atoms with van der Waals surface area (Å²) in [5.74, 6) is 0. The minimum Gasteiger partial charge on any atom is -0.267 e. The van der Waals surface area contributed by atoms with Gasteiger partial charge >= 0.3 is 0 Å². The first-order chi connectivity index (χ1) is 9.74. The molecule has 0 spiro atoms. The molecular formula is C15H18N4OS. The van der Waals surface area contributed by atoms with Crippen molar-refractivity contribution in [3.05, 3.63) is 29.5 Å². The number of nitriles is 1. The summed E-state index contributed by atoms with van der Waals surface area (Å²) in [5.41, 5.74) is 2.87. The molecular weight excluding hydrogens is 284 g/mol. The van der Waals surface area contributed by atoms with Crippen LogP contribution in [0.15, 0.2) is 22.6 Å². The maximum atomic E-state index is 12.1. The quantitative estimate of drug-likeness (QED) is 0.801. The first-order valence-electron chi connectivity index (χ1n) is 6.58. The molecule has 0 fully saturated rings. The molecule has 1 aromatic heterocycles. The van der Waals surface area contributed by atoms with Gasteiger partial charge in [-0.2, -0.15) is 14.8 Å². The lowest BCUT2D eigenvalue weighted by Crippen LogP contribution is -2.20. The fourth-order valence-electron chi connectivity index (χ4n) is 1.88. The second-order valence-electron chi connectivity index (χ2n) is 5.85. The standard InChI is InChI=1S/C15H18N4OS/c1-10(18-21(20)15(2,3)4)11-6-7-12-13(9-16)17-19(5)14(12)8-11/h6-8H,1-5H3. The van der Waals surface area contributed by atoms with Crippen LogP contribution in [0.3, 0.4) is 0 Å². The van der Waals surface area contributed by atoms with Gasteiger partial charge in [0.2, 0.25) is 0 Å². The summed E-state index contributed by atoms with van der Waals surface area (Å²) in [5, 5.41) is 14.0. The molecule has 2 aromatic rings. The molecule has 110 valence electrons. The number of hydrogen-bond acceptors (Lipinski definition) is 3. The zero-order valence-corrected chi connectivity index (χ0v) is 13.7. The van der Waals surface area contributed by atoms with E-state index in [9.17, 15) is 4.21 Å². The Morgan fingerprint density at radius 1 is 1.43 bits per heavy atom. The van der Waals surface area contributed by atoms with Crippen LogP contribution in [0.5, 0.6) is 0 Å². The number of nitrogens with zero attached hydrogens (tertiary/aromatic N) is 4. The van der Waals surface area contributed by atoms with Gasteiger partial charge in [0.05, 0.1) is 16.0 Å². The molecule has 0 saturated carbocycles. The molecule has 0 aliphatic carbocycles. The Kier molecular flexibility index (Phi) is 3.97. The molecule has 1 aromatic carbocycles. The monoisotopic (exact) mass is 302 g/mol. The second-order valence-corrected chi connectivity index (χ2v) is 7.76. The Morgan fingerprint density at radius 2 is 2.10 bits per heavy atom. The van der Waals surface area contributed by atoms with Crippen LogP contribution in [-0.2, 0) is 18.0 Å². The maximum Gasteiger partial charge on any atom is 0.170 e. The minimum atomic E-state index is -1.29. The van der Waals surface area contributed by atoms with E-state index in [1.165, 1.54) is 0 Å². The fraction of sp³-hybridized carbons (Fsp3) is 0.400. The summed E-state index contributed by atoms with van der Waals surface area (Å²) in [6.45, 7) is 7.52. The normalized spacial score (nSPS) is 14.2. The van der Waals surface area contributed by atoms with Gasteiger partial charge in [0.1, 0.15) is 17.1 Å². The number of rotatable bonds is 2. The Morgan fingerprint density at radius 3 is 2.67 bits per heavy atom. The molecule has 6 heteroatoms. The van der Waals surface area contributed by atoms with Crippen LogP contribution in [0.2, 0.25) is 0 Å². The van der Waals surface area contributed by atoms with Crippen molar-refractivity contribution in [1.29, 1.82) is 5.26 Å². The van der Waals surface area contributed by atoms with E-state index in [4.69, 9.17) is 5.26 Å². The molecule has 1 atom stereocenters. The summed E-state index contributed by atoms with van der Waals surface area (Å²) >= 11 is 0. The third-order valence-corrected chi connectivity index (χ3v) is 4.61. The largest absolute Gasteiger partial charge is 0.267 e. The van der Waals surface area contributed by atoms with Crippen molar-refractivity contribution in [1.82, 2.24) is 9.78 Å². The fourth-order valence-corrected chi connectivity index (χ4v) is 2.51. The van der Waals surface area contributed by atoms with Crippen molar-refractivity contribution >= 4 is 27.6 Å². The van der Waals surface area contributed by atoms with Crippen LogP contribution in [-0.4, -0.2) is 24.4 Å². The van der Waals surface area contributed by atoms with Crippen molar-refractivity contribution in [2.24, 2.45) is 11.4 Å². The number of benzene rings is 1. The SMILES string of the molecule is CC(=NS(=O)C(C)(C)C)c1ccc2c(C#N)nn(C)c2c1. The maximum absolute atomic E-state index is 12.1. The highest BCUT2D eigenvalue weighted by Gasteiger charge is 2.19. The smallest absolute Gasteiger partial charge is 0.170 e. The van der Waals surface area contributed by atoms with Gasteiger partial charge in [-0.1, -0.05) is 6.07 Å². The molecule has 0 amide bonds. The molecule has 1 heterocycles. The molecule has 0 saturated heterocycles. The van der Waals surface area contributed by atoms with Gasteiger partial charge in [0.25, 0.3) is 0 Å². The molecule has 0 bridgehead atoms. The first-order valence-corrected chi connectivity index (χ1v) is 7.69. The summed E-state index contributed by atoms with van der Waals surface area (Å²) in [4.78, 5) is 0. The van der Waals surface area contributed by atoms with Crippen molar-refractivity contribution in [2.45, 2.75) is 32.4 Å². The van der Waals surface area contributed by atoms with Crippen LogP contribution in [0.25, 0.3) is 10.9 Å². The predicted octanol–water partition coefficient (Wildman–Crippen LogP) is 2.72. The lowest BCUT2D eigenvalue weighted by atomic mass is 10.1. The Labute approximate surface area is 126 Å². The summed E-state index contributed by atoms with van der Waals surface area (Å²) < 4.78 is 17.7.